The van der Waals surface area contributed by atoms with E-state index >= 15 is 0 Å². The number of nitrogens with one attached hydrogen (secondary N) is 1. The zero-order valence-electron chi connectivity index (χ0n) is 10.3. The molecule has 1 unspecified atom stereocenters. The van der Waals surface area contributed by atoms with Gasteiger partial charge in [-0.2, -0.15) is 0 Å². The van der Waals surface area contributed by atoms with Gasteiger partial charge >= 0.3 is 0 Å². The lowest BCUT2D eigenvalue weighted by Gasteiger charge is -2.35. The van der Waals surface area contributed by atoms with Crippen LogP contribution >= 0.6 is 0 Å². The molecule has 1 heterocycles. The number of unbranched alkanes of at least 4 members (excludes halogenated alkanes) is 1. The van der Waals surface area contributed by atoms with Gasteiger partial charge in [-0.3, -0.25) is 4.79 Å². The molecule has 15 heavy (non-hydrogen) atoms. The van der Waals surface area contributed by atoms with Crippen molar-refractivity contribution in [2.24, 2.45) is 5.92 Å². The molecule has 1 rings (SSSR count). The first-order chi connectivity index (χ1) is 7.15. The predicted octanol–water partition coefficient (Wildman–Crippen LogP) is 1.63. The largest absolute Gasteiger partial charge is 0.340 e. The second-order valence-electron chi connectivity index (χ2n) is 4.75. The molecule has 1 atom stereocenters. The van der Waals surface area contributed by atoms with Crippen molar-refractivity contribution in [1.29, 1.82) is 0 Å². The van der Waals surface area contributed by atoms with Crippen molar-refractivity contribution < 1.29 is 4.79 Å². The minimum Gasteiger partial charge on any atom is -0.340 e. The average molecular weight is 212 g/mol. The van der Waals surface area contributed by atoms with Crippen LogP contribution in [0.15, 0.2) is 0 Å². The van der Waals surface area contributed by atoms with Crippen LogP contribution in [0.5, 0.6) is 0 Å². The summed E-state index contributed by atoms with van der Waals surface area (Å²) in [5, 5.41) is 3.47. The smallest absolute Gasteiger partial charge is 0.222 e. The molecule has 0 aliphatic carbocycles. The van der Waals surface area contributed by atoms with E-state index in [9.17, 15) is 4.79 Å². The third kappa shape index (κ3) is 3.82. The second-order valence-corrected chi connectivity index (χ2v) is 4.75. The highest BCUT2D eigenvalue weighted by Gasteiger charge is 2.24. The summed E-state index contributed by atoms with van der Waals surface area (Å²) in [7, 11) is 0. The standard InChI is InChI=1S/C12H24N2O/c1-4-5-6-12(15)14-8-7-13-11(9-14)10(2)3/h10-11,13H,4-9H2,1-3H3. The summed E-state index contributed by atoms with van der Waals surface area (Å²) in [6.07, 6.45) is 2.85. The number of nitrogens with zero attached hydrogens (tertiary/aromatic N) is 1. The van der Waals surface area contributed by atoms with E-state index in [0.717, 1.165) is 38.9 Å². The first-order valence-electron chi connectivity index (χ1n) is 6.16. The van der Waals surface area contributed by atoms with E-state index in [1.54, 1.807) is 0 Å². The van der Waals surface area contributed by atoms with Crippen LogP contribution in [0.4, 0.5) is 0 Å². The molecular weight excluding hydrogens is 188 g/mol. The first kappa shape index (κ1) is 12.5. The Labute approximate surface area is 93.2 Å². The van der Waals surface area contributed by atoms with E-state index in [1.165, 1.54) is 0 Å². The zero-order valence-corrected chi connectivity index (χ0v) is 10.3. The topological polar surface area (TPSA) is 32.3 Å². The van der Waals surface area contributed by atoms with Crippen molar-refractivity contribution in [3.05, 3.63) is 0 Å². The van der Waals surface area contributed by atoms with Crippen LogP contribution in [-0.2, 0) is 4.79 Å². The second kappa shape index (κ2) is 6.11. The molecular formula is C12H24N2O. The van der Waals surface area contributed by atoms with Crippen molar-refractivity contribution in [3.8, 4) is 0 Å². The monoisotopic (exact) mass is 212 g/mol. The Balaban J connectivity index is 2.38. The lowest BCUT2D eigenvalue weighted by atomic mass is 10.0. The number of hydrogen-bond donors (Lipinski definition) is 1. The Morgan fingerprint density at radius 1 is 1.53 bits per heavy atom. The Morgan fingerprint density at radius 2 is 2.27 bits per heavy atom. The Morgan fingerprint density at radius 3 is 2.87 bits per heavy atom. The van der Waals surface area contributed by atoms with E-state index in [4.69, 9.17) is 0 Å². The van der Waals surface area contributed by atoms with Crippen LogP contribution in [0.2, 0.25) is 0 Å². The summed E-state index contributed by atoms with van der Waals surface area (Å²) in [5.41, 5.74) is 0. The quantitative estimate of drug-likeness (QED) is 0.768. The maximum absolute atomic E-state index is 11.8. The summed E-state index contributed by atoms with van der Waals surface area (Å²) >= 11 is 0. The third-order valence-corrected chi connectivity index (χ3v) is 3.11. The Bertz CT molecular complexity index is 204. The van der Waals surface area contributed by atoms with Gasteiger partial charge in [0.1, 0.15) is 0 Å². The molecule has 88 valence electrons. The number of carbonyl (C=O) groups is 1. The van der Waals surface area contributed by atoms with Crippen molar-refractivity contribution in [3.63, 3.8) is 0 Å². The molecule has 1 aliphatic heterocycles. The fourth-order valence-corrected chi connectivity index (χ4v) is 1.94. The lowest BCUT2D eigenvalue weighted by molar-refractivity contribution is -0.132. The van der Waals surface area contributed by atoms with Gasteiger partial charge in [0.2, 0.25) is 5.91 Å². The van der Waals surface area contributed by atoms with Gasteiger partial charge in [0, 0.05) is 32.1 Å². The summed E-state index contributed by atoms with van der Waals surface area (Å²) in [4.78, 5) is 13.8. The van der Waals surface area contributed by atoms with Crippen LogP contribution < -0.4 is 5.32 Å². The van der Waals surface area contributed by atoms with Gasteiger partial charge in [-0.1, -0.05) is 27.2 Å². The molecule has 3 heteroatoms. The van der Waals surface area contributed by atoms with Crippen molar-refractivity contribution in [1.82, 2.24) is 10.2 Å². The molecule has 1 amide bonds. The highest BCUT2D eigenvalue weighted by atomic mass is 16.2. The number of amides is 1. The molecule has 0 saturated carbocycles. The molecule has 0 aromatic rings. The maximum atomic E-state index is 11.8. The molecule has 1 N–H and O–H groups in total. The summed E-state index contributed by atoms with van der Waals surface area (Å²) < 4.78 is 0. The highest BCUT2D eigenvalue weighted by molar-refractivity contribution is 5.76. The van der Waals surface area contributed by atoms with Crippen LogP contribution in [0.3, 0.4) is 0 Å². The molecule has 0 spiro atoms. The van der Waals surface area contributed by atoms with E-state index < -0.39 is 0 Å². The van der Waals surface area contributed by atoms with Gasteiger partial charge in [-0.15, -0.1) is 0 Å². The number of piperazine rings is 1. The molecule has 1 fully saturated rings. The van der Waals surface area contributed by atoms with E-state index in [0.29, 0.717) is 17.9 Å². The van der Waals surface area contributed by atoms with E-state index in [1.807, 2.05) is 4.90 Å². The average Bonchev–Trinajstić information content (AvgIpc) is 2.26. The predicted molar refractivity (Wildman–Crippen MR) is 62.7 cm³/mol. The molecule has 0 bridgehead atoms. The van der Waals surface area contributed by atoms with Crippen molar-refractivity contribution in [2.45, 2.75) is 46.1 Å². The number of carbonyl (C=O) groups excluding carboxylic acids is 1. The lowest BCUT2D eigenvalue weighted by Crippen LogP contribution is -2.54. The minimum atomic E-state index is 0.337. The third-order valence-electron chi connectivity index (χ3n) is 3.11. The van der Waals surface area contributed by atoms with Crippen molar-refractivity contribution in [2.75, 3.05) is 19.6 Å². The van der Waals surface area contributed by atoms with Gasteiger partial charge < -0.3 is 10.2 Å². The van der Waals surface area contributed by atoms with Crippen molar-refractivity contribution >= 4 is 5.91 Å². The maximum Gasteiger partial charge on any atom is 0.222 e. The van der Waals surface area contributed by atoms with Gasteiger partial charge in [0.15, 0.2) is 0 Å². The first-order valence-corrected chi connectivity index (χ1v) is 6.16. The molecule has 0 aromatic heterocycles. The number of hydrogen-bond acceptors (Lipinski definition) is 2. The van der Waals surface area contributed by atoms with Crippen LogP contribution in [0.25, 0.3) is 0 Å². The van der Waals surface area contributed by atoms with Gasteiger partial charge in [0.05, 0.1) is 0 Å². The van der Waals surface area contributed by atoms with Crippen LogP contribution in [0.1, 0.15) is 40.0 Å². The molecule has 0 aromatic carbocycles. The fraction of sp³-hybridized carbons (Fsp3) is 0.917. The summed E-state index contributed by atoms with van der Waals surface area (Å²) in [6, 6.07) is 0.476. The zero-order chi connectivity index (χ0) is 11.3. The van der Waals surface area contributed by atoms with Gasteiger partial charge in [-0.25, -0.2) is 0 Å². The van der Waals surface area contributed by atoms with Gasteiger partial charge in [-0.05, 0) is 12.3 Å². The highest BCUT2D eigenvalue weighted by Crippen LogP contribution is 2.10. The Hall–Kier alpha value is -0.570. The number of rotatable bonds is 4. The SMILES string of the molecule is CCCCC(=O)N1CCNC(C(C)C)C1. The van der Waals surface area contributed by atoms with Gasteiger partial charge in [0.25, 0.3) is 0 Å². The minimum absolute atomic E-state index is 0.337. The molecule has 1 saturated heterocycles. The fourth-order valence-electron chi connectivity index (χ4n) is 1.94. The normalized spacial score (nSPS) is 22.1. The summed E-state index contributed by atoms with van der Waals surface area (Å²) in [6.45, 7) is 9.25. The molecule has 1 aliphatic rings. The van der Waals surface area contributed by atoms with E-state index in [-0.39, 0.29) is 0 Å². The molecule has 0 radical (unpaired) electrons. The van der Waals surface area contributed by atoms with E-state index in [2.05, 4.69) is 26.1 Å². The molecule has 3 nitrogen and oxygen atoms in total. The van der Waals surface area contributed by atoms with Crippen LogP contribution in [-0.4, -0.2) is 36.5 Å². The Kier molecular flexibility index (Phi) is 5.09. The van der Waals surface area contributed by atoms with Crippen LogP contribution in [0, 0.1) is 5.92 Å². The summed E-state index contributed by atoms with van der Waals surface area (Å²) in [5.74, 6) is 0.941.